The van der Waals surface area contributed by atoms with Crippen LogP contribution in [-0.2, 0) is 0 Å². The Morgan fingerprint density at radius 2 is 1.67 bits per heavy atom. The van der Waals surface area contributed by atoms with Crippen LogP contribution in [0.4, 0.5) is 0 Å². The Hall–Kier alpha value is -0.0800. The molecule has 2 heteroatoms. The van der Waals surface area contributed by atoms with Gasteiger partial charge in [-0.05, 0) is 12.5 Å². The van der Waals surface area contributed by atoms with Crippen molar-refractivity contribution in [1.82, 2.24) is 0 Å². The quantitative estimate of drug-likeness (QED) is 0.671. The minimum atomic E-state index is 0.875. The fraction of sp³-hybridized carbons (Fsp3) is 0.200. The highest BCUT2D eigenvalue weighted by Crippen LogP contribution is 2.08. The smallest absolute Gasteiger partial charge is 0.0588 e. The van der Waals surface area contributed by atoms with E-state index in [-0.39, 0.29) is 0 Å². The van der Waals surface area contributed by atoms with Crippen molar-refractivity contribution in [2.45, 2.75) is 6.92 Å². The van der Waals surface area contributed by atoms with E-state index in [1.54, 1.807) is 0 Å². The summed E-state index contributed by atoms with van der Waals surface area (Å²) >= 11 is 6.12. The molecule has 0 N–H and O–H groups in total. The van der Waals surface area contributed by atoms with Gasteiger partial charge in [0, 0.05) is 0 Å². The van der Waals surface area contributed by atoms with Crippen LogP contribution in [0.25, 0.3) is 5.57 Å². The van der Waals surface area contributed by atoms with Gasteiger partial charge in [-0.25, -0.2) is 0 Å². The number of benzene rings is 1. The van der Waals surface area contributed by atoms with E-state index in [1.165, 1.54) is 5.56 Å². The van der Waals surface area contributed by atoms with Crippen LogP contribution in [0.15, 0.2) is 36.9 Å². The van der Waals surface area contributed by atoms with Crippen LogP contribution in [0, 0.1) is 0 Å². The molecule has 0 nitrogen and oxygen atoms in total. The van der Waals surface area contributed by atoms with Gasteiger partial charge in [0.2, 0.25) is 0 Å². The summed E-state index contributed by atoms with van der Waals surface area (Å²) in [5.41, 5.74) is 2.34. The van der Waals surface area contributed by atoms with Gasteiger partial charge in [-0.1, -0.05) is 74.3 Å². The van der Waals surface area contributed by atoms with Crippen LogP contribution in [0.5, 0.6) is 0 Å². The van der Waals surface area contributed by atoms with Crippen molar-refractivity contribution in [3.8, 4) is 0 Å². The van der Waals surface area contributed by atoms with Gasteiger partial charge in [0.25, 0.3) is 0 Å². The van der Waals surface area contributed by atoms with Crippen LogP contribution < -0.4 is 0 Å². The molecule has 12 heavy (non-hydrogen) atoms. The summed E-state index contributed by atoms with van der Waals surface area (Å²) in [7, 11) is 0. The Morgan fingerprint density at radius 1 is 1.25 bits per heavy atom. The average molecular weight is 292 g/mol. The molecule has 0 aliphatic rings. The SMILES string of the molecule is BrCBr.C=C(C)c1ccccc1. The molecule has 0 saturated heterocycles. The molecule has 0 heterocycles. The highest BCUT2D eigenvalue weighted by molar-refractivity contribution is 9.24. The average Bonchev–Trinajstić information content (AvgIpc) is 2.07. The number of hydrogen-bond acceptors (Lipinski definition) is 0. The van der Waals surface area contributed by atoms with E-state index in [0.29, 0.717) is 0 Å². The first kappa shape index (κ1) is 11.9. The Bertz CT molecular complexity index is 217. The summed E-state index contributed by atoms with van der Waals surface area (Å²) in [6.45, 7) is 5.83. The Kier molecular flexibility index (Phi) is 7.51. The molecule has 66 valence electrons. The lowest BCUT2D eigenvalue weighted by Gasteiger charge is -1.94. The van der Waals surface area contributed by atoms with Gasteiger partial charge in [-0.15, -0.1) is 0 Å². The van der Waals surface area contributed by atoms with Crippen molar-refractivity contribution in [3.05, 3.63) is 42.5 Å². The highest BCUT2D eigenvalue weighted by Gasteiger charge is 1.86. The summed E-state index contributed by atoms with van der Waals surface area (Å²) in [5.74, 6) is 0. The van der Waals surface area contributed by atoms with E-state index >= 15 is 0 Å². The molecule has 0 spiro atoms. The zero-order valence-corrected chi connectivity index (χ0v) is 10.2. The lowest BCUT2D eigenvalue weighted by molar-refractivity contribution is 1.58. The number of halogens is 2. The standard InChI is InChI=1S/C9H10.CH2Br2/c1-8(2)9-6-4-3-5-7-9;2-1-3/h3-7H,1H2,2H3;1H2. The molecule has 1 aromatic carbocycles. The van der Waals surface area contributed by atoms with Crippen LogP contribution in [0.2, 0.25) is 0 Å². The molecule has 0 atom stereocenters. The zero-order chi connectivity index (χ0) is 9.40. The molecular formula is C10H12Br2. The summed E-state index contributed by atoms with van der Waals surface area (Å²) in [5, 5.41) is 0. The second-order valence-electron chi connectivity index (χ2n) is 2.25. The topological polar surface area (TPSA) is 0 Å². The summed E-state index contributed by atoms with van der Waals surface area (Å²) in [4.78, 5) is 0. The Balaban J connectivity index is 0.000000354. The first-order valence-corrected chi connectivity index (χ1v) is 5.79. The van der Waals surface area contributed by atoms with Gasteiger partial charge in [-0.2, -0.15) is 0 Å². The van der Waals surface area contributed by atoms with Crippen LogP contribution in [-0.4, -0.2) is 4.24 Å². The molecular weight excluding hydrogens is 280 g/mol. The number of allylic oxidation sites excluding steroid dienone is 1. The Labute approximate surface area is 90.9 Å². The molecule has 0 unspecified atom stereocenters. The molecule has 0 radical (unpaired) electrons. The number of hydrogen-bond donors (Lipinski definition) is 0. The van der Waals surface area contributed by atoms with Crippen molar-refractivity contribution in [2.24, 2.45) is 0 Å². The fourth-order valence-corrected chi connectivity index (χ4v) is 0.723. The second kappa shape index (κ2) is 7.56. The Morgan fingerprint density at radius 3 is 1.92 bits per heavy atom. The van der Waals surface area contributed by atoms with E-state index < -0.39 is 0 Å². The monoisotopic (exact) mass is 290 g/mol. The maximum atomic E-state index is 3.83. The fourth-order valence-electron chi connectivity index (χ4n) is 0.723. The van der Waals surface area contributed by atoms with E-state index in [4.69, 9.17) is 0 Å². The van der Waals surface area contributed by atoms with Crippen molar-refractivity contribution < 1.29 is 0 Å². The third-order valence-electron chi connectivity index (χ3n) is 1.27. The normalized spacial score (nSPS) is 8.25. The molecule has 0 saturated carbocycles. The van der Waals surface area contributed by atoms with E-state index in [9.17, 15) is 0 Å². The van der Waals surface area contributed by atoms with Crippen molar-refractivity contribution >= 4 is 37.4 Å². The predicted molar refractivity (Wildman–Crippen MR) is 63.9 cm³/mol. The molecule has 0 bridgehead atoms. The van der Waals surface area contributed by atoms with Crippen molar-refractivity contribution in [2.75, 3.05) is 4.24 Å². The number of alkyl halides is 2. The van der Waals surface area contributed by atoms with Crippen molar-refractivity contribution in [3.63, 3.8) is 0 Å². The summed E-state index contributed by atoms with van der Waals surface area (Å²) in [6, 6.07) is 10.2. The van der Waals surface area contributed by atoms with Crippen LogP contribution in [0.1, 0.15) is 12.5 Å². The van der Waals surface area contributed by atoms with Gasteiger partial charge < -0.3 is 0 Å². The predicted octanol–water partition coefficient (Wildman–Crippen LogP) is 4.45. The van der Waals surface area contributed by atoms with Gasteiger partial charge in [0.05, 0.1) is 4.24 Å². The molecule has 0 amide bonds. The molecule has 0 fully saturated rings. The number of rotatable bonds is 1. The lowest BCUT2D eigenvalue weighted by Crippen LogP contribution is -1.72. The minimum absolute atomic E-state index is 0.875. The van der Waals surface area contributed by atoms with E-state index in [2.05, 4.69) is 50.6 Å². The highest BCUT2D eigenvalue weighted by atomic mass is 79.9. The summed E-state index contributed by atoms with van der Waals surface area (Å²) in [6.07, 6.45) is 0. The lowest BCUT2D eigenvalue weighted by atomic mass is 10.1. The largest absolute Gasteiger partial charge is 0.0955 e. The van der Waals surface area contributed by atoms with E-state index in [0.717, 1.165) is 9.81 Å². The third-order valence-corrected chi connectivity index (χ3v) is 1.27. The third kappa shape index (κ3) is 5.56. The van der Waals surface area contributed by atoms with Gasteiger partial charge >= 0.3 is 0 Å². The molecule has 0 aromatic heterocycles. The first-order chi connectivity index (χ1) is 5.72. The maximum Gasteiger partial charge on any atom is 0.0588 e. The van der Waals surface area contributed by atoms with Gasteiger partial charge in [0.15, 0.2) is 0 Å². The van der Waals surface area contributed by atoms with Crippen LogP contribution >= 0.6 is 31.9 Å². The molecule has 1 rings (SSSR count). The minimum Gasteiger partial charge on any atom is -0.0955 e. The zero-order valence-electron chi connectivity index (χ0n) is 7.06. The second-order valence-corrected chi connectivity index (χ2v) is 4.87. The summed E-state index contributed by atoms with van der Waals surface area (Å²) < 4.78 is 0.875. The van der Waals surface area contributed by atoms with Crippen molar-refractivity contribution in [1.29, 1.82) is 0 Å². The van der Waals surface area contributed by atoms with Gasteiger partial charge in [-0.3, -0.25) is 0 Å². The van der Waals surface area contributed by atoms with Crippen LogP contribution in [0.3, 0.4) is 0 Å². The van der Waals surface area contributed by atoms with Gasteiger partial charge in [0.1, 0.15) is 0 Å². The van der Waals surface area contributed by atoms with E-state index in [1.807, 2.05) is 25.1 Å². The molecule has 0 aliphatic carbocycles. The molecule has 1 aromatic rings. The molecule has 0 aliphatic heterocycles. The first-order valence-electron chi connectivity index (χ1n) is 3.55. The maximum absolute atomic E-state index is 3.83.